The Kier molecular flexibility index (Phi) is 1.28. The summed E-state index contributed by atoms with van der Waals surface area (Å²) in [7, 11) is 0. The lowest BCUT2D eigenvalue weighted by Crippen LogP contribution is -2.40. The van der Waals surface area contributed by atoms with Crippen LogP contribution in [0.2, 0.25) is 0 Å². The van der Waals surface area contributed by atoms with E-state index in [0.717, 1.165) is 6.42 Å². The van der Waals surface area contributed by atoms with Crippen molar-refractivity contribution in [2.24, 2.45) is 0 Å². The van der Waals surface area contributed by atoms with Crippen molar-refractivity contribution in [1.29, 1.82) is 0 Å². The van der Waals surface area contributed by atoms with Crippen LogP contribution in [0, 0.1) is 0 Å². The number of fused-ring (bicyclic) bond motifs is 2. The molecule has 2 rings (SSSR count). The average molecular weight is 141 g/mol. The monoisotopic (exact) mass is 141 g/mol. The number of hydrogen-bond donors (Lipinski definition) is 2. The van der Waals surface area contributed by atoms with E-state index in [4.69, 9.17) is 0 Å². The van der Waals surface area contributed by atoms with Crippen LogP contribution in [0.1, 0.15) is 19.3 Å². The van der Waals surface area contributed by atoms with Gasteiger partial charge in [0.1, 0.15) is 5.78 Å². The first-order valence-electron chi connectivity index (χ1n) is 3.71. The Hall–Kier alpha value is -0.410. The van der Waals surface area contributed by atoms with Crippen LogP contribution in [0.3, 0.4) is 0 Å². The Morgan fingerprint density at radius 2 is 2.30 bits per heavy atom. The zero-order valence-corrected chi connectivity index (χ0v) is 5.71. The summed E-state index contributed by atoms with van der Waals surface area (Å²) in [6.07, 6.45) is 1.62. The second kappa shape index (κ2) is 2.04. The number of aliphatic hydroxyl groups excluding tert-OH is 1. The van der Waals surface area contributed by atoms with Crippen LogP contribution in [0.15, 0.2) is 0 Å². The molecule has 2 fully saturated rings. The van der Waals surface area contributed by atoms with E-state index < -0.39 is 0 Å². The molecule has 3 heteroatoms. The van der Waals surface area contributed by atoms with Gasteiger partial charge in [-0.15, -0.1) is 0 Å². The molecule has 0 saturated carbocycles. The van der Waals surface area contributed by atoms with E-state index in [1.807, 2.05) is 0 Å². The summed E-state index contributed by atoms with van der Waals surface area (Å²) in [6, 6.07) is 0.326. The van der Waals surface area contributed by atoms with Crippen molar-refractivity contribution in [3.63, 3.8) is 0 Å². The molecule has 2 bridgehead atoms. The molecule has 2 heterocycles. The van der Waals surface area contributed by atoms with Crippen LogP contribution in [0.4, 0.5) is 0 Å². The number of rotatable bonds is 0. The molecule has 0 aromatic rings. The summed E-state index contributed by atoms with van der Waals surface area (Å²) in [5.74, 6) is 0.297. The fourth-order valence-electron chi connectivity index (χ4n) is 1.88. The number of ketones is 1. The lowest BCUT2D eigenvalue weighted by molar-refractivity contribution is -0.121. The molecule has 0 aromatic carbocycles. The number of aliphatic hydroxyl groups is 1. The van der Waals surface area contributed by atoms with Gasteiger partial charge in [0.25, 0.3) is 0 Å². The van der Waals surface area contributed by atoms with Crippen molar-refractivity contribution in [3.05, 3.63) is 0 Å². The minimum absolute atomic E-state index is 0.0613. The largest absolute Gasteiger partial charge is 0.391 e. The first-order valence-corrected chi connectivity index (χ1v) is 3.71. The second-order valence-electron chi connectivity index (χ2n) is 3.22. The normalized spacial score (nSPS) is 46.1. The van der Waals surface area contributed by atoms with Crippen LogP contribution in [0.25, 0.3) is 0 Å². The summed E-state index contributed by atoms with van der Waals surface area (Å²) in [5, 5.41) is 12.5. The van der Waals surface area contributed by atoms with E-state index in [-0.39, 0.29) is 18.2 Å². The van der Waals surface area contributed by atoms with Crippen LogP contribution in [0.5, 0.6) is 0 Å². The van der Waals surface area contributed by atoms with Gasteiger partial charge in [0.05, 0.1) is 6.10 Å². The predicted molar refractivity (Wildman–Crippen MR) is 35.6 cm³/mol. The molecule has 3 nitrogen and oxygen atoms in total. The van der Waals surface area contributed by atoms with Crippen molar-refractivity contribution in [1.82, 2.24) is 5.32 Å². The molecular formula is C7H11NO2. The smallest absolute Gasteiger partial charge is 0.136 e. The molecule has 2 aliphatic rings. The molecule has 0 unspecified atom stereocenters. The number of Topliss-reactive ketones (excluding diaryl/α,β-unsaturated/α-hetero) is 1. The topological polar surface area (TPSA) is 49.3 Å². The zero-order chi connectivity index (χ0) is 7.14. The van der Waals surface area contributed by atoms with E-state index in [1.165, 1.54) is 0 Å². The molecule has 3 atom stereocenters. The summed E-state index contributed by atoms with van der Waals surface area (Å²) >= 11 is 0. The van der Waals surface area contributed by atoms with Gasteiger partial charge in [0, 0.05) is 24.9 Å². The molecule has 0 aromatic heterocycles. The maximum absolute atomic E-state index is 10.9. The van der Waals surface area contributed by atoms with Gasteiger partial charge in [-0.05, 0) is 6.42 Å². The van der Waals surface area contributed by atoms with E-state index in [1.54, 1.807) is 0 Å². The first kappa shape index (κ1) is 6.31. The van der Waals surface area contributed by atoms with E-state index >= 15 is 0 Å². The Morgan fingerprint density at radius 3 is 3.00 bits per heavy atom. The highest BCUT2D eigenvalue weighted by atomic mass is 16.3. The molecule has 0 amide bonds. The predicted octanol–water partition coefficient (Wildman–Crippen LogP) is -0.559. The third-order valence-corrected chi connectivity index (χ3v) is 2.36. The highest BCUT2D eigenvalue weighted by molar-refractivity contribution is 5.81. The van der Waals surface area contributed by atoms with Gasteiger partial charge < -0.3 is 10.4 Å². The maximum atomic E-state index is 10.9. The van der Waals surface area contributed by atoms with Crippen molar-refractivity contribution >= 4 is 5.78 Å². The number of piperidine rings is 1. The van der Waals surface area contributed by atoms with E-state index in [0.29, 0.717) is 18.6 Å². The Balaban J connectivity index is 2.13. The van der Waals surface area contributed by atoms with Gasteiger partial charge in [-0.2, -0.15) is 0 Å². The van der Waals surface area contributed by atoms with Gasteiger partial charge in [0.2, 0.25) is 0 Å². The number of carbonyl (C=O) groups excluding carboxylic acids is 1. The highest BCUT2D eigenvalue weighted by Gasteiger charge is 2.38. The number of carbonyl (C=O) groups is 1. The van der Waals surface area contributed by atoms with Gasteiger partial charge in [0.15, 0.2) is 0 Å². The Bertz CT molecular complexity index is 167. The summed E-state index contributed by atoms with van der Waals surface area (Å²) in [5.41, 5.74) is 0. The summed E-state index contributed by atoms with van der Waals surface area (Å²) in [6.45, 7) is 0. The molecule has 2 N–H and O–H groups in total. The third-order valence-electron chi connectivity index (χ3n) is 2.36. The summed E-state index contributed by atoms with van der Waals surface area (Å²) < 4.78 is 0. The molecule has 56 valence electrons. The minimum atomic E-state index is -0.281. The van der Waals surface area contributed by atoms with Crippen molar-refractivity contribution in [3.8, 4) is 0 Å². The van der Waals surface area contributed by atoms with Crippen LogP contribution >= 0.6 is 0 Å². The first-order chi connectivity index (χ1) is 4.75. The minimum Gasteiger partial charge on any atom is -0.391 e. The fourth-order valence-corrected chi connectivity index (χ4v) is 1.88. The molecule has 0 spiro atoms. The van der Waals surface area contributed by atoms with Crippen molar-refractivity contribution in [2.45, 2.75) is 37.5 Å². The van der Waals surface area contributed by atoms with Gasteiger partial charge in [-0.1, -0.05) is 0 Å². The molecular weight excluding hydrogens is 130 g/mol. The van der Waals surface area contributed by atoms with Gasteiger partial charge in [-0.25, -0.2) is 0 Å². The van der Waals surface area contributed by atoms with Crippen molar-refractivity contribution < 1.29 is 9.90 Å². The Labute approximate surface area is 59.4 Å². The lowest BCUT2D eigenvalue weighted by atomic mass is 10.0. The number of nitrogens with one attached hydrogen (secondary N) is 1. The van der Waals surface area contributed by atoms with Gasteiger partial charge >= 0.3 is 0 Å². The standard InChI is InChI=1S/C7H11NO2/c9-5-1-4-2-7(10)6(3-5)8-4/h4,6-8,10H,1-3H2/t4-,6+,7-/m1/s1. The molecule has 2 saturated heterocycles. The fraction of sp³-hybridized carbons (Fsp3) is 0.857. The zero-order valence-electron chi connectivity index (χ0n) is 5.71. The molecule has 0 aliphatic carbocycles. The quantitative estimate of drug-likeness (QED) is 0.475. The molecule has 2 aliphatic heterocycles. The maximum Gasteiger partial charge on any atom is 0.136 e. The lowest BCUT2D eigenvalue weighted by Gasteiger charge is -2.19. The SMILES string of the molecule is O=C1C[C@@H]2C[C@@H](O)[C@H](C1)N2. The van der Waals surface area contributed by atoms with E-state index in [2.05, 4.69) is 5.32 Å². The third kappa shape index (κ3) is 0.859. The van der Waals surface area contributed by atoms with Crippen LogP contribution in [-0.2, 0) is 4.79 Å². The van der Waals surface area contributed by atoms with Gasteiger partial charge in [-0.3, -0.25) is 4.79 Å². The van der Waals surface area contributed by atoms with Crippen molar-refractivity contribution in [2.75, 3.05) is 0 Å². The van der Waals surface area contributed by atoms with Crippen LogP contribution < -0.4 is 5.32 Å². The second-order valence-corrected chi connectivity index (χ2v) is 3.22. The summed E-state index contributed by atoms with van der Waals surface area (Å²) in [4.78, 5) is 10.9. The number of hydrogen-bond acceptors (Lipinski definition) is 3. The average Bonchev–Trinajstić information content (AvgIpc) is 2.07. The van der Waals surface area contributed by atoms with E-state index in [9.17, 15) is 9.90 Å². The van der Waals surface area contributed by atoms with Crippen LogP contribution in [-0.4, -0.2) is 29.1 Å². The Morgan fingerprint density at radius 1 is 1.50 bits per heavy atom. The molecule has 10 heavy (non-hydrogen) atoms. The highest BCUT2D eigenvalue weighted by Crippen LogP contribution is 2.24. The molecule has 0 radical (unpaired) electrons.